The highest BCUT2D eigenvalue weighted by Gasteiger charge is 2.16. The summed E-state index contributed by atoms with van der Waals surface area (Å²) in [6.07, 6.45) is 0. The maximum Gasteiger partial charge on any atom is 0.707 e. The molecule has 0 bridgehead atoms. The van der Waals surface area contributed by atoms with Crippen molar-refractivity contribution in [1.82, 2.24) is 0 Å². The Morgan fingerprint density at radius 2 is 2.14 bits per heavy atom. The zero-order valence-corrected chi connectivity index (χ0v) is 7.51. The molecule has 1 rings (SSSR count). The predicted octanol–water partition coefficient (Wildman–Crippen LogP) is 0.596. The third-order valence-corrected chi connectivity index (χ3v) is 1.66. The third-order valence-electron chi connectivity index (χ3n) is 1.36. The van der Waals surface area contributed by atoms with Crippen molar-refractivity contribution < 1.29 is 19.6 Å². The number of hydrogen-bond donors (Lipinski definition) is 2. The Hall–Kier alpha value is -1.31. The van der Waals surface area contributed by atoms with Gasteiger partial charge in [0.05, 0.1) is 4.92 Å². The van der Waals surface area contributed by atoms with Crippen LogP contribution >= 0.6 is 11.6 Å². The first-order valence-corrected chi connectivity index (χ1v) is 3.85. The first-order valence-electron chi connectivity index (χ1n) is 3.47. The van der Waals surface area contributed by atoms with Gasteiger partial charge in [-0.05, 0) is 6.07 Å². The molecule has 0 aliphatic heterocycles. The number of halogens is 1. The van der Waals surface area contributed by atoms with Gasteiger partial charge in [0.2, 0.25) is 0 Å². The summed E-state index contributed by atoms with van der Waals surface area (Å²) in [7, 11) is -1.98. The second-order valence-corrected chi connectivity index (χ2v) is 2.72. The maximum atomic E-state index is 10.3. The molecule has 14 heavy (non-hydrogen) atoms. The molecule has 0 heterocycles. The Morgan fingerprint density at radius 3 is 2.57 bits per heavy atom. The summed E-state index contributed by atoms with van der Waals surface area (Å²) in [5, 5.41) is 27.1. The minimum Gasteiger partial charge on any atom is -0.512 e. The van der Waals surface area contributed by atoms with E-state index < -0.39 is 12.2 Å². The van der Waals surface area contributed by atoms with Crippen LogP contribution in [0, 0.1) is 10.1 Å². The molecule has 1 aromatic carbocycles. The van der Waals surface area contributed by atoms with Gasteiger partial charge in [0.15, 0.2) is 0 Å². The fourth-order valence-corrected chi connectivity index (χ4v) is 1.07. The van der Waals surface area contributed by atoms with Crippen molar-refractivity contribution in [2.24, 2.45) is 0 Å². The normalized spacial score (nSPS) is 9.64. The molecule has 74 valence electrons. The number of nitro groups is 1. The van der Waals surface area contributed by atoms with Crippen LogP contribution in [0.3, 0.4) is 0 Å². The fraction of sp³-hybridized carbons (Fsp3) is 0. The van der Waals surface area contributed by atoms with Gasteiger partial charge >= 0.3 is 7.32 Å². The van der Waals surface area contributed by atoms with Gasteiger partial charge in [-0.2, -0.15) is 0 Å². The van der Waals surface area contributed by atoms with Gasteiger partial charge in [-0.25, -0.2) is 0 Å². The summed E-state index contributed by atoms with van der Waals surface area (Å²) < 4.78 is 4.43. The van der Waals surface area contributed by atoms with E-state index in [1.807, 2.05) is 0 Å². The molecule has 0 aliphatic rings. The summed E-state index contributed by atoms with van der Waals surface area (Å²) in [5.74, 6) is 0.0376. The van der Waals surface area contributed by atoms with Gasteiger partial charge in [-0.1, -0.05) is 11.6 Å². The summed E-state index contributed by atoms with van der Waals surface area (Å²) in [4.78, 5) is 9.69. The summed E-state index contributed by atoms with van der Waals surface area (Å²) in [6, 6.07) is 3.45. The quantitative estimate of drug-likeness (QED) is 0.439. The molecule has 0 atom stereocenters. The fourth-order valence-electron chi connectivity index (χ4n) is 0.831. The van der Waals surface area contributed by atoms with Crippen LogP contribution in [0.15, 0.2) is 18.2 Å². The predicted molar refractivity (Wildman–Crippen MR) is 48.9 cm³/mol. The van der Waals surface area contributed by atoms with Crippen LogP contribution in [0.5, 0.6) is 5.75 Å². The van der Waals surface area contributed by atoms with Gasteiger partial charge in [0.1, 0.15) is 10.8 Å². The minimum atomic E-state index is -1.98. The van der Waals surface area contributed by atoms with Crippen molar-refractivity contribution in [3.05, 3.63) is 33.3 Å². The first-order chi connectivity index (χ1) is 6.50. The topological polar surface area (TPSA) is 92.8 Å². The summed E-state index contributed by atoms with van der Waals surface area (Å²) in [6.45, 7) is 0. The highest BCUT2D eigenvalue weighted by Crippen LogP contribution is 2.28. The molecule has 0 aliphatic carbocycles. The van der Waals surface area contributed by atoms with Crippen molar-refractivity contribution in [3.8, 4) is 5.75 Å². The van der Waals surface area contributed by atoms with E-state index in [9.17, 15) is 10.1 Å². The zero-order chi connectivity index (χ0) is 10.7. The van der Waals surface area contributed by atoms with Crippen LogP contribution in [0.25, 0.3) is 0 Å². The van der Waals surface area contributed by atoms with E-state index in [1.54, 1.807) is 0 Å². The van der Waals surface area contributed by atoms with Crippen LogP contribution in [0.4, 0.5) is 5.69 Å². The van der Waals surface area contributed by atoms with Crippen molar-refractivity contribution in [2.75, 3.05) is 0 Å². The minimum absolute atomic E-state index is 0.0376. The standard InChI is InChI=1S/C6H5BClNO5/c8-5-3-4(14-7(10)11)1-2-6(5)9(12)13/h1-3,10-11H. The monoisotopic (exact) mass is 217 g/mol. The molecule has 0 unspecified atom stereocenters. The SMILES string of the molecule is O=[N+]([O-])c1ccc(OB(O)O)cc1Cl. The Kier molecular flexibility index (Phi) is 3.29. The lowest BCUT2D eigenvalue weighted by Crippen LogP contribution is -2.20. The molecule has 6 nitrogen and oxygen atoms in total. The number of benzene rings is 1. The second-order valence-electron chi connectivity index (χ2n) is 2.31. The van der Waals surface area contributed by atoms with Crippen molar-refractivity contribution in [1.29, 1.82) is 0 Å². The van der Waals surface area contributed by atoms with Crippen LogP contribution in [0.2, 0.25) is 5.02 Å². The maximum absolute atomic E-state index is 10.3. The van der Waals surface area contributed by atoms with E-state index in [-0.39, 0.29) is 16.5 Å². The first kappa shape index (κ1) is 10.8. The van der Waals surface area contributed by atoms with E-state index >= 15 is 0 Å². The van der Waals surface area contributed by atoms with Crippen molar-refractivity contribution in [3.63, 3.8) is 0 Å². The lowest BCUT2D eigenvalue weighted by atomic mass is 10.2. The molecule has 2 N–H and O–H groups in total. The molecule has 0 fully saturated rings. The van der Waals surface area contributed by atoms with Gasteiger partial charge in [0, 0.05) is 12.1 Å². The number of nitrogens with zero attached hydrogens (tertiary/aromatic N) is 1. The molecule has 0 amide bonds. The smallest absolute Gasteiger partial charge is 0.512 e. The van der Waals surface area contributed by atoms with E-state index in [0.29, 0.717) is 0 Å². The van der Waals surface area contributed by atoms with Gasteiger partial charge < -0.3 is 14.7 Å². The number of hydrogen-bond acceptors (Lipinski definition) is 5. The largest absolute Gasteiger partial charge is 0.707 e. The van der Waals surface area contributed by atoms with Gasteiger partial charge in [-0.3, -0.25) is 10.1 Å². The molecular formula is C6H5BClNO5. The van der Waals surface area contributed by atoms with Gasteiger partial charge in [-0.15, -0.1) is 0 Å². The molecular weight excluding hydrogens is 212 g/mol. The molecule has 0 saturated heterocycles. The van der Waals surface area contributed by atoms with Crippen LogP contribution in [-0.2, 0) is 0 Å². The Bertz CT molecular complexity index is 358. The summed E-state index contributed by atoms with van der Waals surface area (Å²) in [5.41, 5.74) is -0.272. The van der Waals surface area contributed by atoms with Crippen LogP contribution < -0.4 is 4.65 Å². The highest BCUT2D eigenvalue weighted by molar-refractivity contribution is 6.34. The Balaban J connectivity index is 2.94. The van der Waals surface area contributed by atoms with Crippen molar-refractivity contribution in [2.45, 2.75) is 0 Å². The van der Waals surface area contributed by atoms with E-state index in [1.165, 1.54) is 6.07 Å². The third kappa shape index (κ3) is 2.59. The molecule has 0 aromatic heterocycles. The van der Waals surface area contributed by atoms with Crippen LogP contribution in [-0.4, -0.2) is 22.3 Å². The Morgan fingerprint density at radius 1 is 1.50 bits per heavy atom. The van der Waals surface area contributed by atoms with Crippen molar-refractivity contribution >= 4 is 24.6 Å². The zero-order valence-electron chi connectivity index (χ0n) is 6.75. The average Bonchev–Trinajstić information content (AvgIpc) is 2.01. The second kappa shape index (κ2) is 4.27. The lowest BCUT2D eigenvalue weighted by Gasteiger charge is -2.04. The highest BCUT2D eigenvalue weighted by atomic mass is 35.5. The van der Waals surface area contributed by atoms with Crippen LogP contribution in [0.1, 0.15) is 0 Å². The van der Waals surface area contributed by atoms with E-state index in [4.69, 9.17) is 21.6 Å². The molecule has 0 spiro atoms. The average molecular weight is 217 g/mol. The molecule has 1 aromatic rings. The van der Waals surface area contributed by atoms with E-state index in [0.717, 1.165) is 12.1 Å². The molecule has 0 radical (unpaired) electrons. The number of nitro benzene ring substituents is 1. The van der Waals surface area contributed by atoms with E-state index in [2.05, 4.69) is 4.65 Å². The Labute approximate surface area is 84.0 Å². The molecule has 0 saturated carbocycles. The molecule has 8 heteroatoms. The summed E-state index contributed by atoms with van der Waals surface area (Å²) >= 11 is 5.52. The lowest BCUT2D eigenvalue weighted by molar-refractivity contribution is -0.384. The number of rotatable bonds is 3. The van der Waals surface area contributed by atoms with Gasteiger partial charge in [0.25, 0.3) is 5.69 Å².